The molecule has 0 aliphatic carbocycles. The van der Waals surface area contributed by atoms with E-state index in [1.54, 1.807) is 19.2 Å². The Kier molecular flexibility index (Phi) is 6.08. The van der Waals surface area contributed by atoms with Crippen molar-refractivity contribution in [1.82, 2.24) is 10.2 Å². The highest BCUT2D eigenvalue weighted by molar-refractivity contribution is 5.94. The number of nitrogens with one attached hydrogen (secondary N) is 1. The average Bonchev–Trinajstić information content (AvgIpc) is 2.88. The van der Waals surface area contributed by atoms with Crippen LogP contribution in [-0.4, -0.2) is 48.1 Å². The molecule has 1 unspecified atom stereocenters. The molecule has 1 aromatic rings. The number of likely N-dealkylation sites (N-methyl/N-ethyl adjacent to an activating group) is 1. The lowest BCUT2D eigenvalue weighted by atomic mass is 10.2. The Labute approximate surface area is 112 Å². The summed E-state index contributed by atoms with van der Waals surface area (Å²) in [5.41, 5.74) is 0. The fraction of sp³-hybridized carbons (Fsp3) is 0.538. The Hall–Kier alpha value is -1.82. The van der Waals surface area contributed by atoms with E-state index in [2.05, 4.69) is 5.32 Å². The topological polar surface area (TPSA) is 82.8 Å². The van der Waals surface area contributed by atoms with Gasteiger partial charge < -0.3 is 19.7 Å². The molecule has 106 valence electrons. The number of carbonyl (C=O) groups is 2. The van der Waals surface area contributed by atoms with Crippen LogP contribution in [0.25, 0.3) is 0 Å². The van der Waals surface area contributed by atoms with E-state index < -0.39 is 0 Å². The second kappa shape index (κ2) is 7.58. The molecule has 6 nitrogen and oxygen atoms in total. The number of carbonyl (C=O) groups excluding carboxylic acids is 2. The Morgan fingerprint density at radius 3 is 2.84 bits per heavy atom. The van der Waals surface area contributed by atoms with Crippen molar-refractivity contribution in [3.63, 3.8) is 0 Å². The van der Waals surface area contributed by atoms with Crippen molar-refractivity contribution in [3.8, 4) is 0 Å². The number of rotatable bonds is 7. The Morgan fingerprint density at radius 2 is 2.26 bits per heavy atom. The van der Waals surface area contributed by atoms with E-state index in [9.17, 15) is 9.59 Å². The lowest BCUT2D eigenvalue weighted by Gasteiger charge is -2.18. The van der Waals surface area contributed by atoms with Gasteiger partial charge in [0.1, 0.15) is 0 Å². The number of aliphatic hydroxyl groups excluding tert-OH is 1. The van der Waals surface area contributed by atoms with Gasteiger partial charge in [-0.05, 0) is 31.9 Å². The van der Waals surface area contributed by atoms with E-state index in [0.29, 0.717) is 12.8 Å². The fourth-order valence-corrected chi connectivity index (χ4v) is 1.67. The van der Waals surface area contributed by atoms with Gasteiger partial charge >= 0.3 is 0 Å². The molecule has 0 spiro atoms. The SMILES string of the molecule is CC(CCCO)NC(=O)CN(C)C(=O)c1ccco1. The largest absolute Gasteiger partial charge is 0.459 e. The van der Waals surface area contributed by atoms with Crippen molar-refractivity contribution in [2.45, 2.75) is 25.8 Å². The summed E-state index contributed by atoms with van der Waals surface area (Å²) >= 11 is 0. The highest BCUT2D eigenvalue weighted by atomic mass is 16.3. The van der Waals surface area contributed by atoms with Crippen LogP contribution in [0.4, 0.5) is 0 Å². The van der Waals surface area contributed by atoms with Gasteiger partial charge in [-0.15, -0.1) is 0 Å². The molecule has 1 aromatic heterocycles. The maximum Gasteiger partial charge on any atom is 0.289 e. The van der Waals surface area contributed by atoms with Crippen molar-refractivity contribution in [2.24, 2.45) is 0 Å². The van der Waals surface area contributed by atoms with Crippen LogP contribution in [0.1, 0.15) is 30.3 Å². The molecular formula is C13H20N2O4. The minimum absolute atomic E-state index is 0.0215. The molecule has 0 saturated carbocycles. The Morgan fingerprint density at radius 1 is 1.53 bits per heavy atom. The van der Waals surface area contributed by atoms with E-state index in [0.717, 1.165) is 0 Å². The lowest BCUT2D eigenvalue weighted by Crippen LogP contribution is -2.41. The molecule has 2 amide bonds. The quantitative estimate of drug-likeness (QED) is 0.759. The predicted molar refractivity (Wildman–Crippen MR) is 69.6 cm³/mol. The number of furan rings is 1. The van der Waals surface area contributed by atoms with Gasteiger partial charge in [0.2, 0.25) is 5.91 Å². The van der Waals surface area contributed by atoms with Gasteiger partial charge in [-0.2, -0.15) is 0 Å². The van der Waals surface area contributed by atoms with E-state index in [-0.39, 0.29) is 36.8 Å². The monoisotopic (exact) mass is 268 g/mol. The molecule has 0 saturated heterocycles. The van der Waals surface area contributed by atoms with Crippen LogP contribution in [0.2, 0.25) is 0 Å². The van der Waals surface area contributed by atoms with Crippen LogP contribution in [-0.2, 0) is 4.79 Å². The Bertz CT molecular complexity index is 403. The maximum atomic E-state index is 11.8. The molecule has 0 radical (unpaired) electrons. The van der Waals surface area contributed by atoms with E-state index >= 15 is 0 Å². The van der Waals surface area contributed by atoms with Gasteiger partial charge in [0.05, 0.1) is 12.8 Å². The first kappa shape index (κ1) is 15.2. The van der Waals surface area contributed by atoms with E-state index in [4.69, 9.17) is 9.52 Å². The number of nitrogens with zero attached hydrogens (tertiary/aromatic N) is 1. The zero-order valence-electron chi connectivity index (χ0n) is 11.3. The standard InChI is InChI=1S/C13H20N2O4/c1-10(5-3-7-16)14-12(17)9-15(2)13(18)11-6-4-8-19-11/h4,6,8,10,16H,3,5,7,9H2,1-2H3,(H,14,17). The van der Waals surface area contributed by atoms with Gasteiger partial charge in [-0.25, -0.2) is 0 Å². The summed E-state index contributed by atoms with van der Waals surface area (Å²) < 4.78 is 4.98. The highest BCUT2D eigenvalue weighted by Crippen LogP contribution is 2.04. The van der Waals surface area contributed by atoms with Crippen molar-refractivity contribution in [2.75, 3.05) is 20.2 Å². The Balaban J connectivity index is 2.37. The van der Waals surface area contributed by atoms with Crippen molar-refractivity contribution in [1.29, 1.82) is 0 Å². The smallest absolute Gasteiger partial charge is 0.289 e. The molecule has 2 N–H and O–H groups in total. The molecule has 1 atom stereocenters. The summed E-state index contributed by atoms with van der Waals surface area (Å²) in [6.07, 6.45) is 2.76. The highest BCUT2D eigenvalue weighted by Gasteiger charge is 2.17. The molecule has 0 aliphatic heterocycles. The van der Waals surface area contributed by atoms with Crippen LogP contribution >= 0.6 is 0 Å². The number of hydrogen-bond acceptors (Lipinski definition) is 4. The summed E-state index contributed by atoms with van der Waals surface area (Å²) in [7, 11) is 1.54. The van der Waals surface area contributed by atoms with Crippen LogP contribution in [0, 0.1) is 0 Å². The predicted octanol–water partition coefficient (Wildman–Crippen LogP) is 0.629. The normalized spacial score (nSPS) is 11.9. The van der Waals surface area contributed by atoms with Gasteiger partial charge in [0, 0.05) is 19.7 Å². The first-order valence-electron chi connectivity index (χ1n) is 6.23. The zero-order chi connectivity index (χ0) is 14.3. The van der Waals surface area contributed by atoms with Crippen LogP contribution in [0.3, 0.4) is 0 Å². The minimum atomic E-state index is -0.330. The average molecular weight is 268 g/mol. The zero-order valence-corrected chi connectivity index (χ0v) is 11.3. The first-order chi connectivity index (χ1) is 9.04. The molecule has 0 bridgehead atoms. The molecule has 0 aromatic carbocycles. The third-order valence-corrected chi connectivity index (χ3v) is 2.66. The van der Waals surface area contributed by atoms with Crippen LogP contribution < -0.4 is 5.32 Å². The molecule has 0 fully saturated rings. The molecule has 19 heavy (non-hydrogen) atoms. The van der Waals surface area contributed by atoms with Gasteiger partial charge in [0.25, 0.3) is 5.91 Å². The first-order valence-corrected chi connectivity index (χ1v) is 6.23. The number of aliphatic hydroxyl groups is 1. The third-order valence-electron chi connectivity index (χ3n) is 2.66. The molecular weight excluding hydrogens is 248 g/mol. The third kappa shape index (κ3) is 5.13. The molecule has 1 rings (SSSR count). The molecule has 1 heterocycles. The number of amides is 2. The van der Waals surface area contributed by atoms with Gasteiger partial charge in [-0.3, -0.25) is 9.59 Å². The van der Waals surface area contributed by atoms with Gasteiger partial charge in [-0.1, -0.05) is 0 Å². The summed E-state index contributed by atoms with van der Waals surface area (Å²) in [5, 5.41) is 11.5. The van der Waals surface area contributed by atoms with E-state index in [1.165, 1.54) is 11.2 Å². The summed E-state index contributed by atoms with van der Waals surface area (Å²) in [4.78, 5) is 24.8. The van der Waals surface area contributed by atoms with Crippen molar-refractivity contribution < 1.29 is 19.1 Å². The second-order valence-electron chi connectivity index (χ2n) is 4.47. The second-order valence-corrected chi connectivity index (χ2v) is 4.47. The lowest BCUT2D eigenvalue weighted by molar-refractivity contribution is -0.122. The van der Waals surface area contributed by atoms with Gasteiger partial charge in [0.15, 0.2) is 5.76 Å². The molecule has 0 aliphatic rings. The number of hydrogen-bond donors (Lipinski definition) is 2. The summed E-state index contributed by atoms with van der Waals surface area (Å²) in [6, 6.07) is 3.16. The van der Waals surface area contributed by atoms with Crippen LogP contribution in [0.15, 0.2) is 22.8 Å². The van der Waals surface area contributed by atoms with E-state index in [1.807, 2.05) is 6.92 Å². The van der Waals surface area contributed by atoms with Crippen LogP contribution in [0.5, 0.6) is 0 Å². The maximum absolute atomic E-state index is 11.8. The minimum Gasteiger partial charge on any atom is -0.459 e. The summed E-state index contributed by atoms with van der Waals surface area (Å²) in [6.45, 7) is 1.95. The van der Waals surface area contributed by atoms with Crippen molar-refractivity contribution in [3.05, 3.63) is 24.2 Å². The summed E-state index contributed by atoms with van der Waals surface area (Å²) in [5.74, 6) is -0.348. The molecule has 6 heteroatoms. The van der Waals surface area contributed by atoms with Crippen molar-refractivity contribution >= 4 is 11.8 Å². The fourth-order valence-electron chi connectivity index (χ4n) is 1.67.